The molecule has 0 spiro atoms. The predicted octanol–water partition coefficient (Wildman–Crippen LogP) is 4.08. The van der Waals surface area contributed by atoms with Crippen LogP contribution in [0.1, 0.15) is 17.2 Å². The van der Waals surface area contributed by atoms with Gasteiger partial charge in [0.2, 0.25) is 0 Å². The quantitative estimate of drug-likeness (QED) is 0.773. The van der Waals surface area contributed by atoms with Crippen LogP contribution in [0.4, 0.5) is 0 Å². The Kier molecular flexibility index (Phi) is 3.32. The van der Waals surface area contributed by atoms with Crippen molar-refractivity contribution >= 4 is 26.7 Å². The number of rotatable bonds is 2. The summed E-state index contributed by atoms with van der Waals surface area (Å²) in [6, 6.07) is 15.9. The maximum absolute atomic E-state index is 10.6. The summed E-state index contributed by atoms with van der Waals surface area (Å²) in [5.41, 5.74) is 1.68. The summed E-state index contributed by atoms with van der Waals surface area (Å²) < 4.78 is 0.865. The topological polar surface area (TPSA) is 33.1 Å². The molecular formula is C16H12BrNO. The molecule has 1 atom stereocenters. The fourth-order valence-electron chi connectivity index (χ4n) is 2.25. The summed E-state index contributed by atoms with van der Waals surface area (Å²) in [6.45, 7) is 0. The summed E-state index contributed by atoms with van der Waals surface area (Å²) >= 11 is 3.38. The molecule has 3 rings (SSSR count). The van der Waals surface area contributed by atoms with Crippen LogP contribution < -0.4 is 0 Å². The van der Waals surface area contributed by atoms with Crippen molar-refractivity contribution in [2.45, 2.75) is 6.10 Å². The second-order valence-corrected chi connectivity index (χ2v) is 5.32. The van der Waals surface area contributed by atoms with Crippen molar-refractivity contribution in [2.24, 2.45) is 0 Å². The fourth-order valence-corrected chi connectivity index (χ4v) is 2.63. The van der Waals surface area contributed by atoms with E-state index < -0.39 is 6.10 Å². The highest BCUT2D eigenvalue weighted by molar-refractivity contribution is 9.10. The van der Waals surface area contributed by atoms with E-state index >= 15 is 0 Å². The molecule has 19 heavy (non-hydrogen) atoms. The van der Waals surface area contributed by atoms with E-state index in [0.29, 0.717) is 0 Å². The van der Waals surface area contributed by atoms with Crippen molar-refractivity contribution in [3.63, 3.8) is 0 Å². The lowest BCUT2D eigenvalue weighted by atomic mass is 9.97. The Hall–Kier alpha value is -1.71. The van der Waals surface area contributed by atoms with Crippen molar-refractivity contribution in [3.05, 3.63) is 76.5 Å². The summed E-state index contributed by atoms with van der Waals surface area (Å²) in [5.74, 6) is 0. The lowest BCUT2D eigenvalue weighted by molar-refractivity contribution is 0.221. The van der Waals surface area contributed by atoms with Gasteiger partial charge in [0.1, 0.15) is 6.10 Å². The number of fused-ring (bicyclic) bond motifs is 1. The van der Waals surface area contributed by atoms with Gasteiger partial charge in [-0.05, 0) is 38.3 Å². The second kappa shape index (κ2) is 5.11. The molecule has 0 aliphatic carbocycles. The third-order valence-corrected chi connectivity index (χ3v) is 3.59. The molecule has 1 aromatic heterocycles. The van der Waals surface area contributed by atoms with Crippen LogP contribution in [0.15, 0.2) is 65.4 Å². The van der Waals surface area contributed by atoms with Crippen molar-refractivity contribution in [2.75, 3.05) is 0 Å². The van der Waals surface area contributed by atoms with Gasteiger partial charge in [-0.3, -0.25) is 4.98 Å². The molecule has 0 saturated carbocycles. The van der Waals surface area contributed by atoms with E-state index in [1.165, 1.54) is 0 Å². The normalized spacial score (nSPS) is 12.5. The largest absolute Gasteiger partial charge is 0.384 e. The third kappa shape index (κ3) is 2.39. The molecule has 0 bridgehead atoms. The number of hydrogen-bond donors (Lipinski definition) is 1. The predicted molar refractivity (Wildman–Crippen MR) is 79.9 cm³/mol. The second-order valence-electron chi connectivity index (χ2n) is 4.41. The Morgan fingerprint density at radius 2 is 1.79 bits per heavy atom. The van der Waals surface area contributed by atoms with Gasteiger partial charge in [0, 0.05) is 22.4 Å². The lowest BCUT2D eigenvalue weighted by Gasteiger charge is -2.14. The van der Waals surface area contributed by atoms with Crippen molar-refractivity contribution < 1.29 is 5.11 Å². The molecular weight excluding hydrogens is 302 g/mol. The van der Waals surface area contributed by atoms with E-state index in [1.807, 2.05) is 48.5 Å². The van der Waals surface area contributed by atoms with E-state index in [0.717, 1.165) is 26.4 Å². The average molecular weight is 314 g/mol. The van der Waals surface area contributed by atoms with E-state index in [-0.39, 0.29) is 0 Å². The highest BCUT2D eigenvalue weighted by Crippen LogP contribution is 2.29. The molecule has 0 fully saturated rings. The van der Waals surface area contributed by atoms with Gasteiger partial charge in [-0.1, -0.05) is 42.5 Å². The number of nitrogens with zero attached hydrogens (tertiary/aromatic N) is 1. The first-order valence-corrected chi connectivity index (χ1v) is 6.81. The number of hydrogen-bond acceptors (Lipinski definition) is 2. The first-order valence-electron chi connectivity index (χ1n) is 6.02. The maximum Gasteiger partial charge on any atom is 0.106 e. The molecule has 3 aromatic rings. The molecule has 2 aromatic carbocycles. The highest BCUT2D eigenvalue weighted by atomic mass is 79.9. The molecule has 0 amide bonds. The summed E-state index contributed by atoms with van der Waals surface area (Å²) in [6.07, 6.45) is 2.73. The van der Waals surface area contributed by atoms with Crippen LogP contribution in [-0.4, -0.2) is 10.1 Å². The molecule has 0 saturated heterocycles. The zero-order valence-electron chi connectivity index (χ0n) is 10.1. The average Bonchev–Trinajstić information content (AvgIpc) is 2.46. The molecule has 2 nitrogen and oxygen atoms in total. The van der Waals surface area contributed by atoms with Gasteiger partial charge in [0.25, 0.3) is 0 Å². The molecule has 0 aliphatic heterocycles. The van der Waals surface area contributed by atoms with Gasteiger partial charge in [0.15, 0.2) is 0 Å². The van der Waals surface area contributed by atoms with Gasteiger partial charge < -0.3 is 5.11 Å². The fraction of sp³-hybridized carbons (Fsp3) is 0.0625. The minimum atomic E-state index is -0.670. The molecule has 3 heteroatoms. The Bertz CT molecular complexity index is 721. The van der Waals surface area contributed by atoms with Crippen LogP contribution in [0, 0.1) is 0 Å². The summed E-state index contributed by atoms with van der Waals surface area (Å²) in [5, 5.41) is 12.7. The molecule has 0 aliphatic rings. The number of halogens is 1. The van der Waals surface area contributed by atoms with Crippen molar-refractivity contribution in [3.8, 4) is 0 Å². The SMILES string of the molecule is OC(c1cncc(Br)c1)c1cccc2ccccc12. The molecule has 1 unspecified atom stereocenters. The zero-order chi connectivity index (χ0) is 13.2. The third-order valence-electron chi connectivity index (χ3n) is 3.16. The Morgan fingerprint density at radius 3 is 2.63 bits per heavy atom. The minimum Gasteiger partial charge on any atom is -0.384 e. The van der Waals surface area contributed by atoms with Crippen LogP contribution in [0.25, 0.3) is 10.8 Å². The smallest absolute Gasteiger partial charge is 0.106 e. The van der Waals surface area contributed by atoms with Crippen LogP contribution in [0.2, 0.25) is 0 Å². The number of aliphatic hydroxyl groups excluding tert-OH is 1. The van der Waals surface area contributed by atoms with Crippen LogP contribution in [0.3, 0.4) is 0 Å². The first kappa shape index (κ1) is 12.3. The van der Waals surface area contributed by atoms with Gasteiger partial charge >= 0.3 is 0 Å². The lowest BCUT2D eigenvalue weighted by Crippen LogP contribution is -2.01. The van der Waals surface area contributed by atoms with E-state index in [4.69, 9.17) is 0 Å². The van der Waals surface area contributed by atoms with Gasteiger partial charge in [-0.15, -0.1) is 0 Å². The molecule has 1 heterocycles. The number of aromatic nitrogens is 1. The van der Waals surface area contributed by atoms with Crippen molar-refractivity contribution in [1.82, 2.24) is 4.98 Å². The van der Waals surface area contributed by atoms with Crippen LogP contribution in [0.5, 0.6) is 0 Å². The summed E-state index contributed by atoms with van der Waals surface area (Å²) in [4.78, 5) is 4.10. The standard InChI is InChI=1S/C16H12BrNO/c17-13-8-12(9-18-10-13)16(19)15-7-3-5-11-4-1-2-6-14(11)15/h1-10,16,19H. The first-order chi connectivity index (χ1) is 9.25. The van der Waals surface area contributed by atoms with Crippen LogP contribution >= 0.6 is 15.9 Å². The molecule has 94 valence electrons. The Balaban J connectivity index is 2.14. The van der Waals surface area contributed by atoms with Crippen LogP contribution in [-0.2, 0) is 0 Å². The number of aliphatic hydroxyl groups is 1. The number of benzene rings is 2. The monoisotopic (exact) mass is 313 g/mol. The highest BCUT2D eigenvalue weighted by Gasteiger charge is 2.13. The minimum absolute atomic E-state index is 0.670. The number of pyridine rings is 1. The Morgan fingerprint density at radius 1 is 1.00 bits per heavy atom. The van der Waals surface area contributed by atoms with E-state index in [9.17, 15) is 5.11 Å². The summed E-state index contributed by atoms with van der Waals surface area (Å²) in [7, 11) is 0. The van der Waals surface area contributed by atoms with Gasteiger partial charge in [-0.25, -0.2) is 0 Å². The van der Waals surface area contributed by atoms with E-state index in [1.54, 1.807) is 12.4 Å². The molecule has 1 N–H and O–H groups in total. The maximum atomic E-state index is 10.6. The van der Waals surface area contributed by atoms with E-state index in [2.05, 4.69) is 20.9 Å². The Labute approximate surface area is 119 Å². The van der Waals surface area contributed by atoms with Gasteiger partial charge in [0.05, 0.1) is 0 Å². The van der Waals surface area contributed by atoms with Gasteiger partial charge in [-0.2, -0.15) is 0 Å². The zero-order valence-corrected chi connectivity index (χ0v) is 11.7. The molecule has 0 radical (unpaired) electrons. The van der Waals surface area contributed by atoms with Crippen molar-refractivity contribution in [1.29, 1.82) is 0 Å².